The lowest BCUT2D eigenvalue weighted by atomic mass is 10.1. The van der Waals surface area contributed by atoms with E-state index in [0.29, 0.717) is 0 Å². The zero-order chi connectivity index (χ0) is 10.5. The van der Waals surface area contributed by atoms with Crippen LogP contribution in [0.15, 0.2) is 43.0 Å². The maximum atomic E-state index is 5.28. The van der Waals surface area contributed by atoms with Crippen LogP contribution in [0.5, 0.6) is 5.75 Å². The Labute approximate surface area is 137 Å². The van der Waals surface area contributed by atoms with Crippen molar-refractivity contribution in [1.29, 1.82) is 0 Å². The molecule has 0 aliphatic rings. The van der Waals surface area contributed by atoms with Gasteiger partial charge in [-0.15, -0.1) is 49.6 Å². The molecule has 0 radical (unpaired) electrons. The van der Waals surface area contributed by atoms with Crippen molar-refractivity contribution in [1.82, 2.24) is 9.97 Å². The summed E-state index contributed by atoms with van der Waals surface area (Å²) in [7, 11) is 1.68. The lowest BCUT2D eigenvalue weighted by Gasteiger charge is -2.07. The maximum Gasteiger partial charge on any atom is 0.122 e. The van der Waals surface area contributed by atoms with Crippen LogP contribution in [0.25, 0.3) is 0 Å². The van der Waals surface area contributed by atoms with Crippen LogP contribution in [0.4, 0.5) is 0 Å². The van der Waals surface area contributed by atoms with Crippen molar-refractivity contribution < 1.29 is 4.74 Å². The van der Waals surface area contributed by atoms with Gasteiger partial charge in [-0.05, 0) is 17.2 Å². The monoisotopic (exact) mass is 344 g/mol. The van der Waals surface area contributed by atoms with E-state index in [4.69, 9.17) is 4.74 Å². The molecule has 0 bridgehead atoms. The van der Waals surface area contributed by atoms with Crippen LogP contribution >= 0.6 is 49.6 Å². The van der Waals surface area contributed by atoms with E-state index in [2.05, 4.69) is 9.97 Å². The lowest BCUT2D eigenvalue weighted by Crippen LogP contribution is -1.94. The lowest BCUT2D eigenvalue weighted by molar-refractivity contribution is 0.410. The summed E-state index contributed by atoms with van der Waals surface area (Å²) < 4.78 is 5.28. The van der Waals surface area contributed by atoms with Gasteiger partial charge in [-0.25, -0.2) is 9.97 Å². The van der Waals surface area contributed by atoms with Gasteiger partial charge < -0.3 is 4.74 Å². The largest absolute Gasteiger partial charge is 0.496 e. The van der Waals surface area contributed by atoms with E-state index in [0.717, 1.165) is 23.3 Å². The molecular formula is C12H16Cl4N2O. The Hall–Kier alpha value is -0.740. The van der Waals surface area contributed by atoms with E-state index in [9.17, 15) is 0 Å². The highest BCUT2D eigenvalue weighted by Gasteiger charge is 2.02. The van der Waals surface area contributed by atoms with Crippen molar-refractivity contribution in [2.45, 2.75) is 6.42 Å². The van der Waals surface area contributed by atoms with E-state index in [1.54, 1.807) is 7.11 Å². The molecule has 0 saturated carbocycles. The molecule has 0 spiro atoms. The number of methoxy groups -OCH3 is 1. The van der Waals surface area contributed by atoms with Crippen LogP contribution in [0, 0.1) is 0 Å². The first-order chi connectivity index (χ1) is 7.40. The Bertz CT molecular complexity index is 443. The van der Waals surface area contributed by atoms with Gasteiger partial charge in [0, 0.05) is 18.8 Å². The van der Waals surface area contributed by atoms with E-state index in [1.165, 1.54) is 6.33 Å². The summed E-state index contributed by atoms with van der Waals surface area (Å²) in [5, 5.41) is 0. The molecule has 0 fully saturated rings. The van der Waals surface area contributed by atoms with Gasteiger partial charge in [-0.1, -0.05) is 18.2 Å². The zero-order valence-corrected chi connectivity index (χ0v) is 13.5. The van der Waals surface area contributed by atoms with Gasteiger partial charge >= 0.3 is 0 Å². The number of ether oxygens (including phenoxy) is 1. The second kappa shape index (κ2) is 12.3. The van der Waals surface area contributed by atoms with E-state index >= 15 is 0 Å². The Morgan fingerprint density at radius 3 is 2.11 bits per heavy atom. The number of benzene rings is 1. The predicted molar refractivity (Wildman–Crippen MR) is 86.8 cm³/mol. The fraction of sp³-hybridized carbons (Fsp3) is 0.167. The molecular weight excluding hydrogens is 330 g/mol. The number of hydrogen-bond acceptors (Lipinski definition) is 3. The first-order valence-corrected chi connectivity index (χ1v) is 4.76. The van der Waals surface area contributed by atoms with Gasteiger partial charge in [0.15, 0.2) is 0 Å². The summed E-state index contributed by atoms with van der Waals surface area (Å²) >= 11 is 0. The summed E-state index contributed by atoms with van der Waals surface area (Å²) in [5.74, 6) is 0.904. The normalized spacial score (nSPS) is 7.84. The summed E-state index contributed by atoms with van der Waals surface area (Å²) in [6.07, 6.45) is 5.97. The molecule has 0 unspecified atom stereocenters. The van der Waals surface area contributed by atoms with Gasteiger partial charge in [-0.2, -0.15) is 0 Å². The molecule has 1 aromatic carbocycles. The molecule has 2 aromatic rings. The minimum Gasteiger partial charge on any atom is -0.496 e. The molecule has 0 N–H and O–H groups in total. The maximum absolute atomic E-state index is 5.28. The standard InChI is InChI=1S/C12H12N2O.4ClH/c1-15-12-5-3-2-4-11(12)6-10-7-13-9-14-8-10;;;;/h2-5,7-9H,6H2,1H3;4*1H. The fourth-order valence-electron chi connectivity index (χ4n) is 1.49. The zero-order valence-electron chi connectivity index (χ0n) is 10.2. The third-order valence-electron chi connectivity index (χ3n) is 2.20. The van der Waals surface area contributed by atoms with Crippen molar-refractivity contribution in [2.24, 2.45) is 0 Å². The Morgan fingerprint density at radius 2 is 1.53 bits per heavy atom. The number of halogens is 4. The summed E-state index contributed by atoms with van der Waals surface area (Å²) in [6.45, 7) is 0. The Morgan fingerprint density at radius 1 is 0.947 bits per heavy atom. The van der Waals surface area contributed by atoms with Crippen molar-refractivity contribution in [3.05, 3.63) is 54.1 Å². The van der Waals surface area contributed by atoms with Crippen LogP contribution in [0.3, 0.4) is 0 Å². The Kier molecular flexibility index (Phi) is 15.1. The van der Waals surface area contributed by atoms with Crippen LogP contribution in [0.1, 0.15) is 11.1 Å². The average Bonchev–Trinajstić information content (AvgIpc) is 2.31. The third-order valence-corrected chi connectivity index (χ3v) is 2.20. The summed E-state index contributed by atoms with van der Waals surface area (Å²) in [6, 6.07) is 7.97. The van der Waals surface area contributed by atoms with Gasteiger partial charge in [0.2, 0.25) is 0 Å². The fourth-order valence-corrected chi connectivity index (χ4v) is 1.49. The van der Waals surface area contributed by atoms with Crippen molar-refractivity contribution in [2.75, 3.05) is 7.11 Å². The molecule has 3 nitrogen and oxygen atoms in total. The highest BCUT2D eigenvalue weighted by Crippen LogP contribution is 2.19. The van der Waals surface area contributed by atoms with Crippen molar-refractivity contribution in [3.63, 3.8) is 0 Å². The van der Waals surface area contributed by atoms with Crippen molar-refractivity contribution in [3.8, 4) is 5.75 Å². The second-order valence-corrected chi connectivity index (χ2v) is 3.24. The van der Waals surface area contributed by atoms with E-state index in [1.807, 2.05) is 36.7 Å². The average molecular weight is 346 g/mol. The second-order valence-electron chi connectivity index (χ2n) is 3.24. The number of hydrogen-bond donors (Lipinski definition) is 0. The Balaban J connectivity index is -0.000000640. The quantitative estimate of drug-likeness (QED) is 0.849. The number of aromatic nitrogens is 2. The first-order valence-electron chi connectivity index (χ1n) is 4.76. The van der Waals surface area contributed by atoms with Crippen LogP contribution in [-0.2, 0) is 6.42 Å². The van der Waals surface area contributed by atoms with Gasteiger partial charge in [-0.3, -0.25) is 0 Å². The molecule has 1 aromatic heterocycles. The predicted octanol–water partition coefficient (Wildman–Crippen LogP) is 3.76. The molecule has 7 heteroatoms. The molecule has 0 atom stereocenters. The molecule has 19 heavy (non-hydrogen) atoms. The van der Waals surface area contributed by atoms with Crippen molar-refractivity contribution >= 4 is 49.6 Å². The first kappa shape index (κ1) is 23.4. The molecule has 0 aliphatic heterocycles. The topological polar surface area (TPSA) is 35.0 Å². The SMILES string of the molecule is COc1ccccc1Cc1cncnc1.Cl.Cl.Cl.Cl. The van der Waals surface area contributed by atoms with E-state index in [-0.39, 0.29) is 49.6 Å². The minimum atomic E-state index is 0. The van der Waals surface area contributed by atoms with Crippen LogP contribution in [0.2, 0.25) is 0 Å². The number of nitrogens with zero attached hydrogens (tertiary/aromatic N) is 2. The van der Waals surface area contributed by atoms with E-state index < -0.39 is 0 Å². The third kappa shape index (κ3) is 6.83. The highest BCUT2D eigenvalue weighted by molar-refractivity contribution is 5.86. The summed E-state index contributed by atoms with van der Waals surface area (Å²) in [5.41, 5.74) is 2.23. The van der Waals surface area contributed by atoms with Crippen LogP contribution < -0.4 is 4.74 Å². The molecule has 2 rings (SSSR count). The number of para-hydroxylation sites is 1. The number of rotatable bonds is 3. The minimum absolute atomic E-state index is 0. The highest BCUT2D eigenvalue weighted by atomic mass is 35.5. The van der Waals surface area contributed by atoms with Crippen LogP contribution in [-0.4, -0.2) is 17.1 Å². The summed E-state index contributed by atoms with van der Waals surface area (Å²) in [4.78, 5) is 7.97. The smallest absolute Gasteiger partial charge is 0.122 e. The van der Waals surface area contributed by atoms with Gasteiger partial charge in [0.1, 0.15) is 12.1 Å². The molecule has 108 valence electrons. The molecule has 0 aliphatic carbocycles. The molecule has 1 heterocycles. The molecule has 0 amide bonds. The van der Waals surface area contributed by atoms with Gasteiger partial charge in [0.05, 0.1) is 7.11 Å². The molecule has 0 saturated heterocycles. The van der Waals surface area contributed by atoms with Gasteiger partial charge in [0.25, 0.3) is 0 Å².